The third kappa shape index (κ3) is 4.90. The van der Waals surface area contributed by atoms with Crippen molar-refractivity contribution in [1.29, 1.82) is 0 Å². The highest BCUT2D eigenvalue weighted by molar-refractivity contribution is 5.77. The van der Waals surface area contributed by atoms with Crippen LogP contribution in [0.4, 0.5) is 27.7 Å². The summed E-state index contributed by atoms with van der Waals surface area (Å²) in [7, 11) is 5.90. The topological polar surface area (TPSA) is 80.1 Å². The molecule has 2 aromatic carbocycles. The van der Waals surface area contributed by atoms with E-state index in [-0.39, 0.29) is 11.9 Å². The highest BCUT2D eigenvalue weighted by Gasteiger charge is 2.28. The van der Waals surface area contributed by atoms with Crippen molar-refractivity contribution in [2.75, 3.05) is 31.8 Å². The molecule has 9 heteroatoms. The minimum atomic E-state index is -0.324. The predicted molar refractivity (Wildman–Crippen MR) is 136 cm³/mol. The fraction of sp³-hybridized carbons (Fsp3) is 0.346. The Labute approximate surface area is 204 Å². The number of para-hydroxylation sites is 1. The van der Waals surface area contributed by atoms with Crippen LogP contribution in [0.2, 0.25) is 0 Å². The number of benzene rings is 2. The zero-order valence-electron chi connectivity index (χ0n) is 20.2. The molecule has 1 fully saturated rings. The summed E-state index contributed by atoms with van der Waals surface area (Å²) in [5, 5.41) is 6.47. The molecule has 2 heterocycles. The molecule has 0 bridgehead atoms. The van der Waals surface area contributed by atoms with Crippen LogP contribution in [-0.4, -0.2) is 51.7 Å². The van der Waals surface area contributed by atoms with Crippen LogP contribution in [0, 0.1) is 5.82 Å². The summed E-state index contributed by atoms with van der Waals surface area (Å²) in [4.78, 5) is 16.3. The van der Waals surface area contributed by atoms with Gasteiger partial charge in [0.25, 0.3) is 0 Å². The second-order valence-electron chi connectivity index (χ2n) is 9.09. The van der Waals surface area contributed by atoms with Gasteiger partial charge in [-0.15, -0.1) is 0 Å². The minimum Gasteiger partial charge on any atom is -0.497 e. The molecule has 0 radical (unpaired) electrons. The van der Waals surface area contributed by atoms with E-state index in [2.05, 4.69) is 39.2 Å². The van der Waals surface area contributed by atoms with Crippen LogP contribution in [-0.2, 0) is 0 Å². The van der Waals surface area contributed by atoms with Crippen LogP contribution in [0.5, 0.6) is 5.75 Å². The van der Waals surface area contributed by atoms with E-state index in [1.807, 2.05) is 24.3 Å². The number of fused-ring (bicyclic) bond motifs is 1. The number of ether oxygens (including phenoxy) is 1. The van der Waals surface area contributed by atoms with E-state index < -0.39 is 0 Å². The Balaban J connectivity index is 1.51. The summed E-state index contributed by atoms with van der Waals surface area (Å²) in [6.07, 6.45) is 5.86. The highest BCUT2D eigenvalue weighted by Crippen LogP contribution is 2.36. The molecule has 8 nitrogen and oxygen atoms in total. The second-order valence-corrected chi connectivity index (χ2v) is 9.09. The quantitative estimate of drug-likeness (QED) is 0.365. The summed E-state index contributed by atoms with van der Waals surface area (Å²) in [6, 6.07) is 15.0. The fourth-order valence-electron chi connectivity index (χ4n) is 4.70. The van der Waals surface area contributed by atoms with Gasteiger partial charge in [-0.3, -0.25) is 4.57 Å². The van der Waals surface area contributed by atoms with Gasteiger partial charge in [0, 0.05) is 17.8 Å². The third-order valence-electron chi connectivity index (χ3n) is 6.66. The first kappa shape index (κ1) is 23.0. The lowest BCUT2D eigenvalue weighted by Gasteiger charge is -2.33. The Kier molecular flexibility index (Phi) is 6.50. The molecular weight excluding hydrogens is 445 g/mol. The first-order valence-electron chi connectivity index (χ1n) is 11.9. The average molecular weight is 476 g/mol. The lowest BCUT2D eigenvalue weighted by Crippen LogP contribution is -2.33. The van der Waals surface area contributed by atoms with Gasteiger partial charge in [0.1, 0.15) is 17.1 Å². The van der Waals surface area contributed by atoms with E-state index >= 15 is 0 Å². The molecule has 2 N–H and O–H groups in total. The van der Waals surface area contributed by atoms with Crippen molar-refractivity contribution in [1.82, 2.24) is 24.4 Å². The molecule has 0 unspecified atom stereocenters. The highest BCUT2D eigenvalue weighted by atomic mass is 19.1. The molecule has 2 aromatic heterocycles. The lowest BCUT2D eigenvalue weighted by atomic mass is 9.90. The Hall–Kier alpha value is -3.72. The van der Waals surface area contributed by atoms with Crippen molar-refractivity contribution < 1.29 is 9.13 Å². The van der Waals surface area contributed by atoms with E-state index in [1.54, 1.807) is 31.5 Å². The van der Waals surface area contributed by atoms with Gasteiger partial charge in [0.2, 0.25) is 11.9 Å². The summed E-state index contributed by atoms with van der Waals surface area (Å²) >= 11 is 0. The maximum Gasteiger partial charge on any atom is 0.229 e. The van der Waals surface area contributed by atoms with Crippen LogP contribution < -0.4 is 15.4 Å². The van der Waals surface area contributed by atoms with Gasteiger partial charge in [0.15, 0.2) is 5.65 Å². The smallest absolute Gasteiger partial charge is 0.229 e. The summed E-state index contributed by atoms with van der Waals surface area (Å²) < 4.78 is 21.8. The van der Waals surface area contributed by atoms with Crippen molar-refractivity contribution in [3.05, 3.63) is 60.5 Å². The second kappa shape index (κ2) is 9.87. The van der Waals surface area contributed by atoms with Crippen LogP contribution >= 0.6 is 0 Å². The van der Waals surface area contributed by atoms with E-state index in [1.165, 1.54) is 6.07 Å². The minimum absolute atomic E-state index is 0.203. The summed E-state index contributed by atoms with van der Waals surface area (Å²) in [5.74, 6) is 1.51. The number of nitrogens with one attached hydrogen (secondary N) is 2. The number of hydrogen-bond acceptors (Lipinski definition) is 7. The van der Waals surface area contributed by atoms with Crippen LogP contribution in [0.25, 0.3) is 11.2 Å². The SMILES string of the molecule is COc1ccc(Nc2ncc3nc(Nc4ccccc4F)n([C@H]4CC[C@H](N(C)C)CC4)c3n2)cc1. The molecule has 0 amide bonds. The number of rotatable bonds is 7. The molecule has 1 aliphatic rings. The van der Waals surface area contributed by atoms with Crippen molar-refractivity contribution >= 4 is 34.4 Å². The first-order chi connectivity index (χ1) is 17.0. The van der Waals surface area contributed by atoms with Crippen molar-refractivity contribution in [2.24, 2.45) is 0 Å². The Morgan fingerprint density at radius 2 is 1.71 bits per heavy atom. The normalized spacial score (nSPS) is 18.1. The van der Waals surface area contributed by atoms with Gasteiger partial charge in [-0.1, -0.05) is 12.1 Å². The van der Waals surface area contributed by atoms with Crippen molar-refractivity contribution in [3.63, 3.8) is 0 Å². The van der Waals surface area contributed by atoms with E-state index in [9.17, 15) is 4.39 Å². The molecule has 0 spiro atoms. The van der Waals surface area contributed by atoms with E-state index in [4.69, 9.17) is 14.7 Å². The largest absolute Gasteiger partial charge is 0.497 e. The molecule has 1 aliphatic carbocycles. The predicted octanol–water partition coefficient (Wildman–Crippen LogP) is 5.51. The molecular formula is C26H30FN7O. The van der Waals surface area contributed by atoms with E-state index in [0.29, 0.717) is 29.1 Å². The van der Waals surface area contributed by atoms with Gasteiger partial charge >= 0.3 is 0 Å². The standard InChI is InChI=1S/C26H30FN7O/c1-33(2)18-10-12-19(13-11-18)34-24-23(31-26(34)30-22-7-5-4-6-21(22)27)16-28-25(32-24)29-17-8-14-20(35-3)15-9-17/h4-9,14-16,18-19H,10-13H2,1-3H3,(H,30,31)(H,28,29,32)/t18-,19-. The van der Waals surface area contributed by atoms with Crippen LogP contribution in [0.1, 0.15) is 31.7 Å². The van der Waals surface area contributed by atoms with E-state index in [0.717, 1.165) is 42.8 Å². The molecule has 0 atom stereocenters. The van der Waals surface area contributed by atoms with Gasteiger partial charge in [0.05, 0.1) is 19.0 Å². The molecule has 0 saturated heterocycles. The molecule has 0 aliphatic heterocycles. The number of hydrogen-bond donors (Lipinski definition) is 2. The van der Waals surface area contributed by atoms with Crippen molar-refractivity contribution in [3.8, 4) is 5.75 Å². The number of imidazole rings is 1. The Bertz CT molecular complexity index is 1300. The Morgan fingerprint density at radius 1 is 0.971 bits per heavy atom. The first-order valence-corrected chi connectivity index (χ1v) is 11.9. The number of methoxy groups -OCH3 is 1. The van der Waals surface area contributed by atoms with Gasteiger partial charge in [-0.25, -0.2) is 14.4 Å². The zero-order valence-corrected chi connectivity index (χ0v) is 20.2. The summed E-state index contributed by atoms with van der Waals surface area (Å²) in [6.45, 7) is 0. The number of anilines is 4. The number of aromatic nitrogens is 4. The van der Waals surface area contributed by atoms with Gasteiger partial charge in [-0.05, 0) is 76.2 Å². The van der Waals surface area contributed by atoms with Gasteiger partial charge in [-0.2, -0.15) is 4.98 Å². The maximum absolute atomic E-state index is 14.5. The molecule has 5 rings (SSSR count). The fourth-order valence-corrected chi connectivity index (χ4v) is 4.70. The lowest BCUT2D eigenvalue weighted by molar-refractivity contribution is 0.197. The van der Waals surface area contributed by atoms with Crippen LogP contribution in [0.15, 0.2) is 54.7 Å². The van der Waals surface area contributed by atoms with Crippen LogP contribution in [0.3, 0.4) is 0 Å². The molecule has 35 heavy (non-hydrogen) atoms. The monoisotopic (exact) mass is 475 g/mol. The zero-order chi connectivity index (χ0) is 24.4. The average Bonchev–Trinajstić information content (AvgIpc) is 3.23. The molecule has 4 aromatic rings. The number of nitrogens with zero attached hydrogens (tertiary/aromatic N) is 5. The summed E-state index contributed by atoms with van der Waals surface area (Å²) in [5.41, 5.74) is 2.63. The Morgan fingerprint density at radius 3 is 2.40 bits per heavy atom. The maximum atomic E-state index is 14.5. The van der Waals surface area contributed by atoms with Gasteiger partial charge < -0.3 is 20.3 Å². The van der Waals surface area contributed by atoms with Crippen molar-refractivity contribution in [2.45, 2.75) is 37.8 Å². The third-order valence-corrected chi connectivity index (χ3v) is 6.66. The number of halogens is 1. The molecule has 182 valence electrons. The molecule has 1 saturated carbocycles.